The van der Waals surface area contributed by atoms with Crippen LogP contribution in [0.5, 0.6) is 0 Å². The molecule has 20 heavy (non-hydrogen) atoms. The standard InChI is InChI=1S/C15H15ClN4/c1-10(2)9-20-12-6-4-3-5-11(12)19-15(20)13-14(16)18-8-7-17-13/h3-8,10H,9H2,1-2H3. The van der Waals surface area contributed by atoms with Gasteiger partial charge in [0.15, 0.2) is 11.0 Å². The molecule has 1 aromatic carbocycles. The molecule has 0 bridgehead atoms. The molecule has 0 aliphatic carbocycles. The maximum absolute atomic E-state index is 6.17. The molecule has 3 aromatic rings. The van der Waals surface area contributed by atoms with Gasteiger partial charge in [-0.15, -0.1) is 0 Å². The second-order valence-corrected chi connectivity index (χ2v) is 5.48. The van der Waals surface area contributed by atoms with E-state index < -0.39 is 0 Å². The molecular formula is C15H15ClN4. The fourth-order valence-electron chi connectivity index (χ4n) is 2.28. The van der Waals surface area contributed by atoms with E-state index in [-0.39, 0.29) is 0 Å². The molecule has 0 atom stereocenters. The van der Waals surface area contributed by atoms with Crippen molar-refractivity contribution < 1.29 is 0 Å². The number of fused-ring (bicyclic) bond motifs is 1. The van der Waals surface area contributed by atoms with Crippen molar-refractivity contribution in [2.45, 2.75) is 20.4 Å². The molecule has 0 aliphatic rings. The molecule has 0 unspecified atom stereocenters. The Labute approximate surface area is 122 Å². The highest BCUT2D eigenvalue weighted by Crippen LogP contribution is 2.27. The van der Waals surface area contributed by atoms with Crippen LogP contribution < -0.4 is 0 Å². The number of hydrogen-bond donors (Lipinski definition) is 0. The van der Waals surface area contributed by atoms with Gasteiger partial charge >= 0.3 is 0 Å². The molecule has 0 saturated carbocycles. The van der Waals surface area contributed by atoms with E-state index in [2.05, 4.69) is 39.4 Å². The average Bonchev–Trinajstić information content (AvgIpc) is 2.78. The van der Waals surface area contributed by atoms with Gasteiger partial charge in [0.1, 0.15) is 5.69 Å². The van der Waals surface area contributed by atoms with Gasteiger partial charge < -0.3 is 4.57 Å². The zero-order valence-corrected chi connectivity index (χ0v) is 12.2. The van der Waals surface area contributed by atoms with Crippen LogP contribution in [0.3, 0.4) is 0 Å². The van der Waals surface area contributed by atoms with E-state index in [0.717, 1.165) is 23.4 Å². The third kappa shape index (κ3) is 2.27. The first-order valence-electron chi connectivity index (χ1n) is 6.59. The van der Waals surface area contributed by atoms with E-state index in [1.165, 1.54) is 0 Å². The molecule has 0 saturated heterocycles. The summed E-state index contributed by atoms with van der Waals surface area (Å²) in [5.74, 6) is 1.28. The number of aromatic nitrogens is 4. The monoisotopic (exact) mass is 286 g/mol. The topological polar surface area (TPSA) is 43.6 Å². The zero-order chi connectivity index (χ0) is 14.1. The van der Waals surface area contributed by atoms with Crippen LogP contribution >= 0.6 is 11.6 Å². The summed E-state index contributed by atoms with van der Waals surface area (Å²) in [6.45, 7) is 5.22. The summed E-state index contributed by atoms with van der Waals surface area (Å²) in [5.41, 5.74) is 2.67. The van der Waals surface area contributed by atoms with E-state index in [1.807, 2.05) is 18.2 Å². The Hall–Kier alpha value is -1.94. The van der Waals surface area contributed by atoms with Crippen LogP contribution in [0.25, 0.3) is 22.6 Å². The Kier molecular flexibility index (Phi) is 3.40. The quantitative estimate of drug-likeness (QED) is 0.735. The van der Waals surface area contributed by atoms with Gasteiger partial charge in [-0.25, -0.2) is 15.0 Å². The Morgan fingerprint density at radius 2 is 1.90 bits per heavy atom. The number of imidazole rings is 1. The predicted octanol–water partition coefficient (Wildman–Crippen LogP) is 3.80. The first kappa shape index (κ1) is 13.1. The predicted molar refractivity (Wildman–Crippen MR) is 80.6 cm³/mol. The van der Waals surface area contributed by atoms with Gasteiger partial charge in [-0.2, -0.15) is 0 Å². The minimum atomic E-state index is 0.382. The van der Waals surface area contributed by atoms with E-state index in [9.17, 15) is 0 Å². The van der Waals surface area contributed by atoms with Gasteiger partial charge in [-0.3, -0.25) is 0 Å². The third-order valence-electron chi connectivity index (χ3n) is 3.07. The third-order valence-corrected chi connectivity index (χ3v) is 3.34. The molecule has 0 amide bonds. The van der Waals surface area contributed by atoms with E-state index in [0.29, 0.717) is 16.8 Å². The molecule has 2 aromatic heterocycles. The van der Waals surface area contributed by atoms with Crippen LogP contribution in [0.15, 0.2) is 36.7 Å². The minimum Gasteiger partial charge on any atom is -0.322 e. The molecule has 4 nitrogen and oxygen atoms in total. The van der Waals surface area contributed by atoms with Crippen molar-refractivity contribution in [1.29, 1.82) is 0 Å². The van der Waals surface area contributed by atoms with Gasteiger partial charge in [-0.05, 0) is 18.1 Å². The molecule has 0 fully saturated rings. The maximum Gasteiger partial charge on any atom is 0.163 e. The van der Waals surface area contributed by atoms with Gasteiger partial charge in [0.25, 0.3) is 0 Å². The lowest BCUT2D eigenvalue weighted by molar-refractivity contribution is 0.536. The largest absolute Gasteiger partial charge is 0.322 e. The smallest absolute Gasteiger partial charge is 0.163 e. The van der Waals surface area contributed by atoms with Gasteiger partial charge in [0.05, 0.1) is 11.0 Å². The molecule has 0 N–H and O–H groups in total. The minimum absolute atomic E-state index is 0.382. The summed E-state index contributed by atoms with van der Waals surface area (Å²) in [4.78, 5) is 13.1. The normalized spacial score (nSPS) is 11.4. The van der Waals surface area contributed by atoms with Gasteiger partial charge in [0, 0.05) is 18.9 Å². The van der Waals surface area contributed by atoms with Gasteiger partial charge in [0.2, 0.25) is 0 Å². The Bertz CT molecular complexity index is 748. The van der Waals surface area contributed by atoms with Crippen molar-refractivity contribution in [2.24, 2.45) is 5.92 Å². The van der Waals surface area contributed by atoms with Crippen LogP contribution in [0.1, 0.15) is 13.8 Å². The first-order chi connectivity index (χ1) is 9.66. The number of halogens is 1. The highest BCUT2D eigenvalue weighted by molar-refractivity contribution is 6.31. The van der Waals surface area contributed by atoms with E-state index >= 15 is 0 Å². The summed E-state index contributed by atoms with van der Waals surface area (Å²) >= 11 is 6.17. The summed E-state index contributed by atoms with van der Waals surface area (Å²) in [7, 11) is 0. The summed E-state index contributed by atoms with van der Waals surface area (Å²) < 4.78 is 2.16. The first-order valence-corrected chi connectivity index (χ1v) is 6.96. The number of nitrogens with zero attached hydrogens (tertiary/aromatic N) is 4. The highest BCUT2D eigenvalue weighted by Gasteiger charge is 2.17. The molecule has 0 radical (unpaired) electrons. The second kappa shape index (κ2) is 5.21. The lowest BCUT2D eigenvalue weighted by atomic mass is 10.2. The number of benzene rings is 1. The average molecular weight is 287 g/mol. The zero-order valence-electron chi connectivity index (χ0n) is 11.4. The second-order valence-electron chi connectivity index (χ2n) is 5.12. The van der Waals surface area contributed by atoms with Crippen LogP contribution in [-0.4, -0.2) is 19.5 Å². The fourth-order valence-corrected chi connectivity index (χ4v) is 2.47. The number of hydrogen-bond acceptors (Lipinski definition) is 3. The van der Waals surface area contributed by atoms with Crippen LogP contribution in [0, 0.1) is 5.92 Å². The molecular weight excluding hydrogens is 272 g/mol. The Morgan fingerprint density at radius 1 is 1.15 bits per heavy atom. The number of rotatable bonds is 3. The molecule has 102 valence electrons. The summed E-state index contributed by atoms with van der Waals surface area (Å²) in [5, 5.41) is 0.382. The molecule has 5 heteroatoms. The highest BCUT2D eigenvalue weighted by atomic mass is 35.5. The lowest BCUT2D eigenvalue weighted by Crippen LogP contribution is -2.07. The molecule has 0 spiro atoms. The summed E-state index contributed by atoms with van der Waals surface area (Å²) in [6, 6.07) is 8.07. The van der Waals surface area contributed by atoms with Crippen molar-refractivity contribution in [1.82, 2.24) is 19.5 Å². The molecule has 2 heterocycles. The van der Waals surface area contributed by atoms with Crippen molar-refractivity contribution in [2.75, 3.05) is 0 Å². The SMILES string of the molecule is CC(C)Cn1c(-c2nccnc2Cl)nc2ccccc21. The number of para-hydroxylation sites is 2. The molecule has 0 aliphatic heterocycles. The fraction of sp³-hybridized carbons (Fsp3) is 0.267. The van der Waals surface area contributed by atoms with Crippen LogP contribution in [0.2, 0.25) is 5.15 Å². The van der Waals surface area contributed by atoms with E-state index in [1.54, 1.807) is 12.4 Å². The van der Waals surface area contributed by atoms with Crippen molar-refractivity contribution in [3.63, 3.8) is 0 Å². The van der Waals surface area contributed by atoms with Crippen molar-refractivity contribution >= 4 is 22.6 Å². The van der Waals surface area contributed by atoms with Crippen LogP contribution in [0.4, 0.5) is 0 Å². The Morgan fingerprint density at radius 3 is 2.65 bits per heavy atom. The van der Waals surface area contributed by atoms with Crippen molar-refractivity contribution in [3.8, 4) is 11.5 Å². The Balaban J connectivity index is 2.26. The van der Waals surface area contributed by atoms with Crippen LogP contribution in [-0.2, 0) is 6.54 Å². The van der Waals surface area contributed by atoms with E-state index in [4.69, 9.17) is 11.6 Å². The lowest BCUT2D eigenvalue weighted by Gasteiger charge is -2.11. The summed E-state index contributed by atoms with van der Waals surface area (Å²) in [6.07, 6.45) is 3.22. The maximum atomic E-state index is 6.17. The molecule has 3 rings (SSSR count). The van der Waals surface area contributed by atoms with Gasteiger partial charge in [-0.1, -0.05) is 37.6 Å². The van der Waals surface area contributed by atoms with Crippen molar-refractivity contribution in [3.05, 3.63) is 41.8 Å².